The molecular weight excluding hydrogens is 342 g/mol. The fourth-order valence-electron chi connectivity index (χ4n) is 1.73. The quantitative estimate of drug-likeness (QED) is 0.833. The third-order valence-electron chi connectivity index (χ3n) is 2.57. The van der Waals surface area contributed by atoms with Gasteiger partial charge >= 0.3 is 5.97 Å². The summed E-state index contributed by atoms with van der Waals surface area (Å²) in [7, 11) is 0. The molecule has 0 fully saturated rings. The average molecular weight is 356 g/mol. The number of carbonyl (C=O) groups is 1. The van der Waals surface area contributed by atoms with Crippen molar-refractivity contribution >= 4 is 33.7 Å². The van der Waals surface area contributed by atoms with E-state index in [-0.39, 0.29) is 11.7 Å². The molecule has 1 aromatic heterocycles. The fourth-order valence-corrected chi connectivity index (χ4v) is 2.80. The molecular formula is C13H14BrN3O2S. The third kappa shape index (κ3) is 3.40. The van der Waals surface area contributed by atoms with E-state index in [4.69, 9.17) is 5.11 Å². The Balaban J connectivity index is 2.46. The maximum Gasteiger partial charge on any atom is 0.313 e. The number of carboxylic acids is 1. The van der Waals surface area contributed by atoms with Crippen LogP contribution < -0.4 is 0 Å². The average Bonchev–Trinajstić information content (AvgIpc) is 2.80. The van der Waals surface area contributed by atoms with Crippen molar-refractivity contribution in [1.82, 2.24) is 14.8 Å². The van der Waals surface area contributed by atoms with E-state index in [0.29, 0.717) is 5.16 Å². The van der Waals surface area contributed by atoms with Crippen molar-refractivity contribution in [3.63, 3.8) is 0 Å². The van der Waals surface area contributed by atoms with Crippen molar-refractivity contribution in [2.45, 2.75) is 24.9 Å². The molecule has 2 rings (SSSR count). The molecule has 5 nitrogen and oxygen atoms in total. The lowest BCUT2D eigenvalue weighted by Gasteiger charge is -2.12. The smallest absolute Gasteiger partial charge is 0.313 e. The molecule has 7 heteroatoms. The molecule has 0 atom stereocenters. The van der Waals surface area contributed by atoms with Crippen molar-refractivity contribution in [2.24, 2.45) is 0 Å². The molecule has 106 valence electrons. The Bertz CT molecular complexity index is 628. The number of halogens is 1. The van der Waals surface area contributed by atoms with Crippen LogP contribution in [0, 0.1) is 0 Å². The van der Waals surface area contributed by atoms with E-state index in [1.807, 2.05) is 42.7 Å². The van der Waals surface area contributed by atoms with Crippen molar-refractivity contribution < 1.29 is 9.90 Å². The second-order valence-corrected chi connectivity index (χ2v) is 6.35. The molecule has 1 aromatic carbocycles. The van der Waals surface area contributed by atoms with Crippen LogP contribution in [0.1, 0.15) is 25.6 Å². The number of nitrogens with zero attached hydrogens (tertiary/aromatic N) is 3. The minimum atomic E-state index is -0.870. The van der Waals surface area contributed by atoms with Crippen LogP contribution in [0.4, 0.5) is 0 Å². The van der Waals surface area contributed by atoms with Gasteiger partial charge in [-0.05, 0) is 18.2 Å². The van der Waals surface area contributed by atoms with Crippen molar-refractivity contribution in [2.75, 3.05) is 5.75 Å². The Kier molecular flexibility index (Phi) is 4.82. The second-order valence-electron chi connectivity index (χ2n) is 4.49. The van der Waals surface area contributed by atoms with Gasteiger partial charge in [0.25, 0.3) is 0 Å². The summed E-state index contributed by atoms with van der Waals surface area (Å²) < 4.78 is 2.86. The van der Waals surface area contributed by atoms with Gasteiger partial charge < -0.3 is 5.11 Å². The summed E-state index contributed by atoms with van der Waals surface area (Å²) in [6.45, 7) is 4.06. The molecule has 0 aliphatic heterocycles. The minimum absolute atomic E-state index is 0.0375. The lowest BCUT2D eigenvalue weighted by molar-refractivity contribution is -0.133. The van der Waals surface area contributed by atoms with Gasteiger partial charge in [-0.2, -0.15) is 0 Å². The summed E-state index contributed by atoms with van der Waals surface area (Å²) in [6.07, 6.45) is 0. The van der Waals surface area contributed by atoms with Crippen LogP contribution in [-0.2, 0) is 4.79 Å². The minimum Gasteiger partial charge on any atom is -0.481 e. The van der Waals surface area contributed by atoms with Crippen LogP contribution in [0.5, 0.6) is 0 Å². The zero-order valence-electron chi connectivity index (χ0n) is 11.1. The topological polar surface area (TPSA) is 68.0 Å². The Morgan fingerprint density at radius 2 is 2.20 bits per heavy atom. The van der Waals surface area contributed by atoms with Crippen LogP contribution >= 0.6 is 27.7 Å². The number of benzene rings is 1. The van der Waals surface area contributed by atoms with E-state index >= 15 is 0 Å². The maximum atomic E-state index is 10.7. The van der Waals surface area contributed by atoms with Gasteiger partial charge in [0.05, 0.1) is 11.4 Å². The number of thioether (sulfide) groups is 1. The van der Waals surface area contributed by atoms with E-state index in [9.17, 15) is 4.79 Å². The first-order valence-electron chi connectivity index (χ1n) is 6.05. The lowest BCUT2D eigenvalue weighted by Crippen LogP contribution is -2.06. The molecule has 2 aromatic rings. The normalized spacial score (nSPS) is 11.0. The molecule has 1 N–H and O–H groups in total. The number of carboxylic acid groups (broad SMARTS) is 1. The van der Waals surface area contributed by atoms with Gasteiger partial charge in [-0.25, -0.2) is 0 Å². The molecule has 0 saturated heterocycles. The first kappa shape index (κ1) is 15.1. The van der Waals surface area contributed by atoms with Gasteiger partial charge in [-0.1, -0.05) is 47.6 Å². The number of hydrogen-bond acceptors (Lipinski definition) is 4. The Morgan fingerprint density at radius 3 is 2.80 bits per heavy atom. The standard InChI is InChI=1S/C13H14BrN3O2S/c1-8(2)12-15-16-13(20-7-11(18)19)17(12)10-5-3-4-9(14)6-10/h3-6,8H,7H2,1-2H3,(H,18,19). The number of aliphatic carboxylic acids is 1. The van der Waals surface area contributed by atoms with Crippen LogP contribution in [0.25, 0.3) is 5.69 Å². The van der Waals surface area contributed by atoms with Gasteiger partial charge in [0.2, 0.25) is 0 Å². The third-order valence-corrected chi connectivity index (χ3v) is 3.97. The molecule has 0 aliphatic rings. The SMILES string of the molecule is CC(C)c1nnc(SCC(=O)O)n1-c1cccc(Br)c1. The van der Waals surface area contributed by atoms with E-state index < -0.39 is 5.97 Å². The van der Waals surface area contributed by atoms with Crippen molar-refractivity contribution in [3.05, 3.63) is 34.6 Å². The van der Waals surface area contributed by atoms with Gasteiger partial charge in [0.15, 0.2) is 5.16 Å². The summed E-state index contributed by atoms with van der Waals surface area (Å²) in [5.74, 6) is 0.103. The summed E-state index contributed by atoms with van der Waals surface area (Å²) in [6, 6.07) is 7.77. The van der Waals surface area contributed by atoms with Crippen LogP contribution in [-0.4, -0.2) is 31.6 Å². The van der Waals surface area contributed by atoms with Crippen LogP contribution in [0.2, 0.25) is 0 Å². The number of rotatable bonds is 5. The van der Waals surface area contributed by atoms with Gasteiger partial charge in [-0.3, -0.25) is 9.36 Å². The van der Waals surface area contributed by atoms with E-state index in [1.165, 1.54) is 11.8 Å². The van der Waals surface area contributed by atoms with E-state index in [1.54, 1.807) is 0 Å². The summed E-state index contributed by atoms with van der Waals surface area (Å²) in [4.78, 5) is 10.7. The molecule has 0 radical (unpaired) electrons. The van der Waals surface area contributed by atoms with Crippen LogP contribution in [0.3, 0.4) is 0 Å². The Labute approximate surface area is 129 Å². The van der Waals surface area contributed by atoms with Gasteiger partial charge in [0, 0.05) is 10.4 Å². The number of hydrogen-bond donors (Lipinski definition) is 1. The summed E-state index contributed by atoms with van der Waals surface area (Å²) in [5, 5.41) is 17.7. The highest BCUT2D eigenvalue weighted by Gasteiger charge is 2.17. The first-order valence-corrected chi connectivity index (χ1v) is 7.82. The van der Waals surface area contributed by atoms with E-state index in [0.717, 1.165) is 16.0 Å². The summed E-state index contributed by atoms with van der Waals surface area (Å²) >= 11 is 4.61. The first-order chi connectivity index (χ1) is 9.49. The second kappa shape index (κ2) is 6.41. The Morgan fingerprint density at radius 1 is 1.45 bits per heavy atom. The predicted octanol–water partition coefficient (Wildman–Crippen LogP) is 3.33. The highest BCUT2D eigenvalue weighted by molar-refractivity contribution is 9.10. The summed E-state index contributed by atoms with van der Waals surface area (Å²) in [5.41, 5.74) is 0.918. The monoisotopic (exact) mass is 355 g/mol. The van der Waals surface area contributed by atoms with Crippen molar-refractivity contribution in [1.29, 1.82) is 0 Å². The molecule has 0 amide bonds. The van der Waals surface area contributed by atoms with Gasteiger partial charge in [-0.15, -0.1) is 10.2 Å². The van der Waals surface area contributed by atoms with Crippen LogP contribution in [0.15, 0.2) is 33.9 Å². The molecule has 0 aliphatic carbocycles. The zero-order valence-corrected chi connectivity index (χ0v) is 13.5. The maximum absolute atomic E-state index is 10.7. The highest BCUT2D eigenvalue weighted by atomic mass is 79.9. The fraction of sp³-hybridized carbons (Fsp3) is 0.308. The Hall–Kier alpha value is -1.34. The largest absolute Gasteiger partial charge is 0.481 e. The molecule has 0 bridgehead atoms. The number of aromatic nitrogens is 3. The molecule has 0 unspecified atom stereocenters. The predicted molar refractivity (Wildman–Crippen MR) is 81.5 cm³/mol. The van der Waals surface area contributed by atoms with Gasteiger partial charge in [0.1, 0.15) is 5.82 Å². The molecule has 1 heterocycles. The lowest BCUT2D eigenvalue weighted by atomic mass is 10.2. The van der Waals surface area contributed by atoms with E-state index in [2.05, 4.69) is 26.1 Å². The molecule has 20 heavy (non-hydrogen) atoms. The highest BCUT2D eigenvalue weighted by Crippen LogP contribution is 2.27. The van der Waals surface area contributed by atoms with Crippen molar-refractivity contribution in [3.8, 4) is 5.69 Å². The molecule has 0 saturated carbocycles. The molecule has 0 spiro atoms. The zero-order chi connectivity index (χ0) is 14.7.